The summed E-state index contributed by atoms with van der Waals surface area (Å²) in [5, 5.41) is 5.95. The van der Waals surface area contributed by atoms with Gasteiger partial charge in [-0.1, -0.05) is 91.0 Å². The van der Waals surface area contributed by atoms with Crippen LogP contribution in [0.5, 0.6) is 0 Å². The maximum atomic E-state index is 12.9. The fourth-order valence-corrected chi connectivity index (χ4v) is 7.61. The zero-order valence-electron chi connectivity index (χ0n) is 15.0. The number of amides is 3. The van der Waals surface area contributed by atoms with Gasteiger partial charge in [0.25, 0.3) is 5.91 Å². The highest BCUT2D eigenvalue weighted by Crippen LogP contribution is 2.46. The van der Waals surface area contributed by atoms with E-state index in [-0.39, 0.29) is 0 Å². The summed E-state index contributed by atoms with van der Waals surface area (Å²) in [6.45, 7) is -0.669. The number of nitrogens with two attached hydrogens (primary N) is 1. The molecule has 3 aromatic rings. The first kappa shape index (κ1) is 18.7. The summed E-state index contributed by atoms with van der Waals surface area (Å²) >= 11 is 0. The summed E-state index contributed by atoms with van der Waals surface area (Å²) < 4.78 is 0. The standard InChI is InChI=1S/C22H21N2O2P/c1-17(21(25)24-22(23)26)27(18-11-5-2-6-12-18,19-13-7-3-8-14-19)20-15-9-4-10-16-20/h2-16H,1H3,(H3,23,24,25,26). The van der Waals surface area contributed by atoms with Crippen LogP contribution in [0.15, 0.2) is 91.0 Å². The Kier molecular flexibility index (Phi) is 5.58. The van der Waals surface area contributed by atoms with E-state index in [1.165, 1.54) is 0 Å². The number of primary amides is 1. The third-order valence-corrected chi connectivity index (χ3v) is 8.93. The molecule has 0 radical (unpaired) electrons. The molecule has 3 rings (SSSR count). The van der Waals surface area contributed by atoms with Crippen LogP contribution < -0.4 is 27.0 Å². The van der Waals surface area contributed by atoms with Crippen LogP contribution in [0.25, 0.3) is 0 Å². The highest BCUT2D eigenvalue weighted by atomic mass is 31.2. The fourth-order valence-electron chi connectivity index (χ4n) is 3.34. The van der Waals surface area contributed by atoms with Gasteiger partial charge in [-0.05, 0) is 29.7 Å². The number of hydrogen-bond acceptors (Lipinski definition) is 2. The molecular weight excluding hydrogens is 355 g/mol. The van der Waals surface area contributed by atoms with Crippen LogP contribution in [-0.4, -0.2) is 17.2 Å². The molecule has 0 bridgehead atoms. The molecule has 4 nitrogen and oxygen atoms in total. The van der Waals surface area contributed by atoms with E-state index in [1.807, 2.05) is 91.0 Å². The fraction of sp³-hybridized carbons (Fsp3) is 0.0455. The minimum atomic E-state index is -2.46. The van der Waals surface area contributed by atoms with Gasteiger partial charge in [-0.25, -0.2) is 4.79 Å². The monoisotopic (exact) mass is 376 g/mol. The van der Waals surface area contributed by atoms with Gasteiger partial charge >= 0.3 is 6.03 Å². The molecule has 0 saturated heterocycles. The summed E-state index contributed by atoms with van der Waals surface area (Å²) in [4.78, 5) is 24.2. The average molecular weight is 376 g/mol. The number of hydrogen-bond donors (Lipinski definition) is 2. The van der Waals surface area contributed by atoms with E-state index >= 15 is 0 Å². The lowest BCUT2D eigenvalue weighted by Gasteiger charge is -2.31. The minimum absolute atomic E-state index is 0.451. The van der Waals surface area contributed by atoms with Crippen molar-refractivity contribution in [3.63, 3.8) is 0 Å². The van der Waals surface area contributed by atoms with Gasteiger partial charge in [-0.15, -0.1) is 0 Å². The maximum absolute atomic E-state index is 12.9. The molecule has 3 N–H and O–H groups in total. The number of benzene rings is 3. The van der Waals surface area contributed by atoms with E-state index in [0.29, 0.717) is 5.29 Å². The zero-order valence-corrected chi connectivity index (χ0v) is 15.9. The van der Waals surface area contributed by atoms with Gasteiger partial charge < -0.3 is 5.73 Å². The van der Waals surface area contributed by atoms with Crippen LogP contribution >= 0.6 is 6.89 Å². The quantitative estimate of drug-likeness (QED) is 0.686. The Hall–Kier alpha value is -3.10. The molecule has 27 heavy (non-hydrogen) atoms. The van der Waals surface area contributed by atoms with Gasteiger partial charge in [0.15, 0.2) is 0 Å². The Morgan fingerprint density at radius 1 is 0.704 bits per heavy atom. The van der Waals surface area contributed by atoms with Crippen molar-refractivity contribution in [3.05, 3.63) is 91.0 Å². The van der Waals surface area contributed by atoms with Crippen molar-refractivity contribution in [2.75, 3.05) is 0 Å². The number of urea groups is 1. The van der Waals surface area contributed by atoms with E-state index in [9.17, 15) is 9.59 Å². The van der Waals surface area contributed by atoms with Crippen LogP contribution in [0.3, 0.4) is 0 Å². The summed E-state index contributed by atoms with van der Waals surface area (Å²) in [5.41, 5.74) is 5.22. The zero-order chi connectivity index (χ0) is 19.3. The van der Waals surface area contributed by atoms with E-state index in [2.05, 4.69) is 5.32 Å². The number of rotatable bonds is 4. The molecule has 0 aliphatic heterocycles. The van der Waals surface area contributed by atoms with Gasteiger partial charge in [0.05, 0.1) is 0 Å². The second-order valence-corrected chi connectivity index (χ2v) is 9.64. The second-order valence-electron chi connectivity index (χ2n) is 6.08. The molecule has 0 spiro atoms. The smallest absolute Gasteiger partial charge is 0.319 e. The highest BCUT2D eigenvalue weighted by Gasteiger charge is 2.30. The normalized spacial score (nSPS) is 10.9. The van der Waals surface area contributed by atoms with Crippen molar-refractivity contribution in [1.82, 2.24) is 5.32 Å². The van der Waals surface area contributed by atoms with Crippen LogP contribution in [0.4, 0.5) is 4.79 Å². The minimum Gasteiger partial charge on any atom is -0.351 e. The van der Waals surface area contributed by atoms with Crippen molar-refractivity contribution >= 4 is 40.0 Å². The predicted molar refractivity (Wildman–Crippen MR) is 114 cm³/mol. The van der Waals surface area contributed by atoms with Crippen LogP contribution in [0.2, 0.25) is 0 Å². The summed E-state index contributed by atoms with van der Waals surface area (Å²) in [6.07, 6.45) is 0. The largest absolute Gasteiger partial charge is 0.351 e. The number of nitrogens with one attached hydrogen (secondary N) is 1. The maximum Gasteiger partial charge on any atom is 0.319 e. The molecule has 0 aliphatic rings. The van der Waals surface area contributed by atoms with Gasteiger partial charge in [0.1, 0.15) is 0 Å². The Morgan fingerprint density at radius 2 is 1.04 bits per heavy atom. The van der Waals surface area contributed by atoms with Crippen molar-refractivity contribution < 1.29 is 9.59 Å². The Bertz CT molecular complexity index is 897. The molecule has 0 aliphatic carbocycles. The van der Waals surface area contributed by atoms with Crippen molar-refractivity contribution in [3.8, 4) is 0 Å². The predicted octanol–water partition coefficient (Wildman–Crippen LogP) is 2.37. The molecule has 136 valence electrons. The first-order valence-electron chi connectivity index (χ1n) is 8.57. The lowest BCUT2D eigenvalue weighted by Crippen LogP contribution is -2.42. The van der Waals surface area contributed by atoms with E-state index < -0.39 is 18.8 Å². The summed E-state index contributed by atoms with van der Waals surface area (Å²) in [6, 6.07) is 29.0. The third kappa shape index (κ3) is 3.57. The Balaban J connectivity index is 2.48. The van der Waals surface area contributed by atoms with Crippen molar-refractivity contribution in [2.24, 2.45) is 5.73 Å². The van der Waals surface area contributed by atoms with Gasteiger partial charge in [0.2, 0.25) is 0 Å². The number of carbonyl (C=O) groups excluding carboxylic acids is 2. The van der Waals surface area contributed by atoms with Crippen molar-refractivity contribution in [2.45, 2.75) is 6.92 Å². The average Bonchev–Trinajstić information content (AvgIpc) is 2.70. The highest BCUT2D eigenvalue weighted by molar-refractivity contribution is 7.96. The summed E-state index contributed by atoms with van der Waals surface area (Å²) in [5.74, 6) is -0.451. The molecule has 0 fully saturated rings. The van der Waals surface area contributed by atoms with E-state index in [0.717, 1.165) is 15.9 Å². The molecular formula is C22H21N2O2P. The Labute approximate surface area is 159 Å². The number of carbonyl (C=O) groups is 2. The van der Waals surface area contributed by atoms with E-state index in [1.54, 1.807) is 6.92 Å². The molecule has 3 aromatic carbocycles. The first-order valence-corrected chi connectivity index (χ1v) is 10.4. The van der Waals surface area contributed by atoms with Crippen molar-refractivity contribution in [1.29, 1.82) is 0 Å². The van der Waals surface area contributed by atoms with E-state index in [4.69, 9.17) is 5.73 Å². The van der Waals surface area contributed by atoms with Crippen LogP contribution in [0.1, 0.15) is 6.92 Å². The van der Waals surface area contributed by atoms with Gasteiger partial charge in [0, 0.05) is 5.29 Å². The van der Waals surface area contributed by atoms with Crippen LogP contribution in [-0.2, 0) is 4.79 Å². The summed E-state index contributed by atoms with van der Waals surface area (Å²) in [7, 11) is 0. The third-order valence-electron chi connectivity index (χ3n) is 4.50. The molecule has 5 heteroatoms. The molecule has 3 amide bonds. The van der Waals surface area contributed by atoms with Crippen LogP contribution in [0, 0.1) is 0 Å². The SMILES string of the molecule is CC(C(=O)NC(N)=O)=P(c1ccccc1)(c1ccccc1)c1ccccc1. The lowest BCUT2D eigenvalue weighted by atomic mass is 10.3. The first-order chi connectivity index (χ1) is 13.1. The topological polar surface area (TPSA) is 72.2 Å². The molecule has 0 heterocycles. The number of imide groups is 1. The molecule has 0 unspecified atom stereocenters. The molecule has 0 saturated carbocycles. The Morgan fingerprint density at radius 3 is 1.33 bits per heavy atom. The van der Waals surface area contributed by atoms with Gasteiger partial charge in [-0.3, -0.25) is 10.1 Å². The molecule has 0 atom stereocenters. The van der Waals surface area contributed by atoms with Gasteiger partial charge in [-0.2, -0.15) is 0 Å². The molecule has 0 aromatic heterocycles. The second kappa shape index (κ2) is 8.07. The lowest BCUT2D eigenvalue weighted by molar-refractivity contribution is -0.113.